The first-order valence-electron chi connectivity index (χ1n) is 7.34. The lowest BCUT2D eigenvalue weighted by Gasteiger charge is -2.36. The molecule has 1 aliphatic heterocycles. The lowest BCUT2D eigenvalue weighted by molar-refractivity contribution is 0.247. The number of nitrogens with zero attached hydrogens (tertiary/aromatic N) is 4. The number of nitrogens with two attached hydrogens (primary N) is 1. The molecular weight excluding hydrogens is 250 g/mol. The van der Waals surface area contributed by atoms with E-state index < -0.39 is 0 Å². The maximum absolute atomic E-state index is 5.96. The summed E-state index contributed by atoms with van der Waals surface area (Å²) in [5.41, 5.74) is 5.87. The van der Waals surface area contributed by atoms with Gasteiger partial charge in [-0.05, 0) is 26.4 Å². The molecule has 0 spiro atoms. The summed E-state index contributed by atoms with van der Waals surface area (Å²) < 4.78 is 0. The van der Waals surface area contributed by atoms with Crippen molar-refractivity contribution in [3.05, 3.63) is 11.9 Å². The van der Waals surface area contributed by atoms with Crippen LogP contribution in [0.5, 0.6) is 0 Å². The highest BCUT2D eigenvalue weighted by Gasteiger charge is 2.24. The summed E-state index contributed by atoms with van der Waals surface area (Å²) in [6.07, 6.45) is 2.44. The average molecular weight is 277 g/mol. The van der Waals surface area contributed by atoms with Crippen molar-refractivity contribution in [2.24, 2.45) is 0 Å². The van der Waals surface area contributed by atoms with E-state index >= 15 is 0 Å². The number of rotatable bonds is 2. The molecule has 0 saturated carbocycles. The highest BCUT2D eigenvalue weighted by Crippen LogP contribution is 2.25. The third kappa shape index (κ3) is 3.39. The normalized spacial score (nSPS) is 20.9. The molecule has 0 bridgehead atoms. The van der Waals surface area contributed by atoms with Gasteiger partial charge in [-0.2, -0.15) is 0 Å². The molecule has 20 heavy (non-hydrogen) atoms. The first-order chi connectivity index (χ1) is 9.27. The summed E-state index contributed by atoms with van der Waals surface area (Å²) in [4.78, 5) is 13.7. The van der Waals surface area contributed by atoms with E-state index in [-0.39, 0.29) is 5.41 Å². The minimum absolute atomic E-state index is 0.0890. The highest BCUT2D eigenvalue weighted by molar-refractivity contribution is 5.48. The van der Waals surface area contributed by atoms with Crippen LogP contribution < -0.4 is 10.6 Å². The van der Waals surface area contributed by atoms with Gasteiger partial charge in [-0.3, -0.25) is 0 Å². The van der Waals surface area contributed by atoms with Crippen molar-refractivity contribution in [3.8, 4) is 0 Å². The van der Waals surface area contributed by atoms with E-state index in [0.717, 1.165) is 18.2 Å². The fourth-order valence-electron chi connectivity index (χ4n) is 2.61. The number of nitrogen functional groups attached to an aromatic ring is 1. The van der Waals surface area contributed by atoms with Crippen molar-refractivity contribution in [3.63, 3.8) is 0 Å². The van der Waals surface area contributed by atoms with Gasteiger partial charge in [0.2, 0.25) is 0 Å². The van der Waals surface area contributed by atoms with Gasteiger partial charge >= 0.3 is 0 Å². The largest absolute Gasteiger partial charge is 0.384 e. The lowest BCUT2D eigenvalue weighted by atomic mass is 9.95. The van der Waals surface area contributed by atoms with Gasteiger partial charge in [-0.1, -0.05) is 20.8 Å². The second kappa shape index (κ2) is 5.56. The maximum Gasteiger partial charge on any atom is 0.138 e. The van der Waals surface area contributed by atoms with Crippen LogP contribution in [0.2, 0.25) is 0 Å². The zero-order valence-electron chi connectivity index (χ0n) is 13.3. The second-order valence-corrected chi connectivity index (χ2v) is 6.89. The first kappa shape index (κ1) is 15.0. The smallest absolute Gasteiger partial charge is 0.138 e. The molecule has 5 nitrogen and oxygen atoms in total. The zero-order chi connectivity index (χ0) is 14.9. The molecular formula is C15H27N5. The van der Waals surface area contributed by atoms with E-state index in [2.05, 4.69) is 49.7 Å². The number of aromatic nitrogens is 2. The Morgan fingerprint density at radius 2 is 2.05 bits per heavy atom. The Hall–Kier alpha value is -1.36. The maximum atomic E-state index is 5.96. The van der Waals surface area contributed by atoms with Crippen LogP contribution in [0.25, 0.3) is 0 Å². The van der Waals surface area contributed by atoms with Crippen LogP contribution in [-0.4, -0.2) is 48.1 Å². The summed E-state index contributed by atoms with van der Waals surface area (Å²) in [7, 11) is 4.28. The number of hydrogen-bond donors (Lipinski definition) is 1. The van der Waals surface area contributed by atoms with E-state index in [1.807, 2.05) is 6.07 Å². The average Bonchev–Trinajstić information content (AvgIpc) is 2.36. The SMILES string of the molecule is CN1CCCC(N(C)c2cc(N)nc(C(C)(C)C)n2)C1. The summed E-state index contributed by atoms with van der Waals surface area (Å²) in [5.74, 6) is 2.29. The van der Waals surface area contributed by atoms with Crippen molar-refractivity contribution in [2.45, 2.75) is 45.1 Å². The molecule has 2 rings (SSSR count). The van der Waals surface area contributed by atoms with E-state index in [4.69, 9.17) is 10.7 Å². The molecule has 1 atom stereocenters. The Kier molecular flexibility index (Phi) is 4.18. The van der Waals surface area contributed by atoms with Gasteiger partial charge in [0.1, 0.15) is 17.5 Å². The molecule has 1 aliphatic rings. The van der Waals surface area contributed by atoms with Crippen molar-refractivity contribution >= 4 is 11.6 Å². The van der Waals surface area contributed by atoms with Crippen molar-refractivity contribution in [2.75, 3.05) is 37.8 Å². The Labute approximate surface area is 122 Å². The molecule has 0 radical (unpaired) electrons. The summed E-state index contributed by atoms with van der Waals surface area (Å²) in [5, 5.41) is 0. The van der Waals surface area contributed by atoms with E-state index in [1.165, 1.54) is 19.4 Å². The summed E-state index contributed by atoms with van der Waals surface area (Å²) in [6, 6.07) is 2.37. The van der Waals surface area contributed by atoms with Gasteiger partial charge in [-0.15, -0.1) is 0 Å². The molecule has 0 aromatic carbocycles. The second-order valence-electron chi connectivity index (χ2n) is 6.89. The predicted octanol–water partition coefficient (Wildman–Crippen LogP) is 1.89. The Balaban J connectivity index is 2.25. The number of likely N-dealkylation sites (tertiary alicyclic amines) is 1. The van der Waals surface area contributed by atoms with Crippen LogP contribution in [-0.2, 0) is 5.41 Å². The predicted molar refractivity (Wildman–Crippen MR) is 84.1 cm³/mol. The minimum Gasteiger partial charge on any atom is -0.384 e. The molecule has 0 amide bonds. The summed E-state index contributed by atoms with van der Waals surface area (Å²) in [6.45, 7) is 8.59. The summed E-state index contributed by atoms with van der Waals surface area (Å²) >= 11 is 0. The highest BCUT2D eigenvalue weighted by atomic mass is 15.2. The standard InChI is InChI=1S/C15H27N5/c1-15(2,3)14-17-12(16)9-13(18-14)20(5)11-7-6-8-19(4)10-11/h9,11H,6-8,10H2,1-5H3,(H2,16,17,18). The Morgan fingerprint density at radius 3 is 2.65 bits per heavy atom. The first-order valence-corrected chi connectivity index (χ1v) is 7.34. The monoisotopic (exact) mass is 277 g/mol. The third-order valence-electron chi connectivity index (χ3n) is 3.91. The van der Waals surface area contributed by atoms with E-state index in [9.17, 15) is 0 Å². The van der Waals surface area contributed by atoms with E-state index in [1.54, 1.807) is 0 Å². The van der Waals surface area contributed by atoms with Crippen LogP contribution in [0.4, 0.5) is 11.6 Å². The van der Waals surface area contributed by atoms with Crippen LogP contribution in [0, 0.1) is 0 Å². The van der Waals surface area contributed by atoms with Gasteiger partial charge in [-0.25, -0.2) is 9.97 Å². The van der Waals surface area contributed by atoms with Crippen LogP contribution in [0.1, 0.15) is 39.4 Å². The molecule has 1 saturated heterocycles. The van der Waals surface area contributed by atoms with Crippen molar-refractivity contribution < 1.29 is 0 Å². The molecule has 1 fully saturated rings. The topological polar surface area (TPSA) is 58.3 Å². The van der Waals surface area contributed by atoms with E-state index in [0.29, 0.717) is 11.9 Å². The lowest BCUT2D eigenvalue weighted by Crippen LogP contribution is -2.45. The van der Waals surface area contributed by atoms with Gasteiger partial charge in [0, 0.05) is 31.1 Å². The molecule has 0 aliphatic carbocycles. The fraction of sp³-hybridized carbons (Fsp3) is 0.733. The number of likely N-dealkylation sites (N-methyl/N-ethyl adjacent to an activating group) is 2. The number of piperidine rings is 1. The van der Waals surface area contributed by atoms with Gasteiger partial charge in [0.25, 0.3) is 0 Å². The van der Waals surface area contributed by atoms with Crippen LogP contribution in [0.3, 0.4) is 0 Å². The van der Waals surface area contributed by atoms with Crippen LogP contribution in [0.15, 0.2) is 6.07 Å². The Bertz CT molecular complexity index is 466. The quantitative estimate of drug-likeness (QED) is 0.894. The van der Waals surface area contributed by atoms with Gasteiger partial charge in [0.05, 0.1) is 0 Å². The molecule has 5 heteroatoms. The minimum atomic E-state index is -0.0890. The third-order valence-corrected chi connectivity index (χ3v) is 3.91. The molecule has 112 valence electrons. The van der Waals surface area contributed by atoms with Gasteiger partial charge < -0.3 is 15.5 Å². The molecule has 2 heterocycles. The van der Waals surface area contributed by atoms with Crippen molar-refractivity contribution in [1.29, 1.82) is 0 Å². The molecule has 1 aromatic rings. The molecule has 2 N–H and O–H groups in total. The van der Waals surface area contributed by atoms with Crippen LogP contribution >= 0.6 is 0 Å². The zero-order valence-corrected chi connectivity index (χ0v) is 13.3. The van der Waals surface area contributed by atoms with Gasteiger partial charge in [0.15, 0.2) is 0 Å². The van der Waals surface area contributed by atoms with Crippen molar-refractivity contribution in [1.82, 2.24) is 14.9 Å². The molecule has 1 aromatic heterocycles. The fourth-order valence-corrected chi connectivity index (χ4v) is 2.61. The number of anilines is 2. The number of hydrogen-bond acceptors (Lipinski definition) is 5. The molecule has 1 unspecified atom stereocenters. The Morgan fingerprint density at radius 1 is 1.35 bits per heavy atom.